The summed E-state index contributed by atoms with van der Waals surface area (Å²) in [6.45, 7) is 0.972. The molecule has 24 heavy (non-hydrogen) atoms. The third kappa shape index (κ3) is 6.34. The van der Waals surface area contributed by atoms with E-state index in [0.717, 1.165) is 17.1 Å². The van der Waals surface area contributed by atoms with E-state index in [4.69, 9.17) is 21.4 Å². The van der Waals surface area contributed by atoms with Gasteiger partial charge in [-0.3, -0.25) is 9.59 Å². The van der Waals surface area contributed by atoms with Crippen molar-refractivity contribution in [3.63, 3.8) is 0 Å². The van der Waals surface area contributed by atoms with Crippen molar-refractivity contribution in [3.05, 3.63) is 29.3 Å². The number of hydrogen-bond donors (Lipinski definition) is 2. The molecule has 7 heteroatoms. The number of hydrogen-bond acceptors (Lipinski definition) is 4. The molecule has 0 bridgehead atoms. The first-order valence-corrected chi connectivity index (χ1v) is 9.34. The Balaban J connectivity index is 1.74. The Hall–Kier alpha value is -1.24. The van der Waals surface area contributed by atoms with Crippen LogP contribution >= 0.6 is 23.4 Å². The number of nitrogens with one attached hydrogen (secondary N) is 1. The largest absolute Gasteiger partial charge is 0.481 e. The van der Waals surface area contributed by atoms with Gasteiger partial charge in [0.15, 0.2) is 0 Å². The van der Waals surface area contributed by atoms with Gasteiger partial charge in [-0.1, -0.05) is 11.6 Å². The quantitative estimate of drug-likeness (QED) is 0.541. The minimum Gasteiger partial charge on any atom is -0.481 e. The van der Waals surface area contributed by atoms with Gasteiger partial charge in [0.2, 0.25) is 5.91 Å². The van der Waals surface area contributed by atoms with Gasteiger partial charge in [-0.25, -0.2) is 0 Å². The smallest absolute Gasteiger partial charge is 0.305 e. The number of rotatable bonds is 8. The molecule has 132 valence electrons. The number of halogens is 1. The summed E-state index contributed by atoms with van der Waals surface area (Å²) in [5.41, 5.74) is -0.662. The Morgan fingerprint density at radius 1 is 1.25 bits per heavy atom. The summed E-state index contributed by atoms with van der Waals surface area (Å²) >= 11 is 7.52. The number of carbonyl (C=O) groups is 2. The Kier molecular flexibility index (Phi) is 7.40. The second-order valence-corrected chi connectivity index (χ2v) is 7.52. The van der Waals surface area contributed by atoms with Crippen molar-refractivity contribution in [2.45, 2.75) is 42.5 Å². The van der Waals surface area contributed by atoms with Gasteiger partial charge in [0.1, 0.15) is 0 Å². The molecular weight excluding hydrogens is 350 g/mol. The van der Waals surface area contributed by atoms with Crippen molar-refractivity contribution in [1.82, 2.24) is 5.32 Å². The maximum Gasteiger partial charge on any atom is 0.305 e. The van der Waals surface area contributed by atoms with Gasteiger partial charge in [-0.05, 0) is 49.3 Å². The number of carboxylic acid groups (broad SMARTS) is 1. The van der Waals surface area contributed by atoms with Crippen LogP contribution in [0.1, 0.15) is 32.1 Å². The number of amides is 1. The molecule has 1 fully saturated rings. The van der Waals surface area contributed by atoms with Crippen LogP contribution < -0.4 is 5.32 Å². The molecule has 0 radical (unpaired) electrons. The average Bonchev–Trinajstić information content (AvgIpc) is 2.53. The molecule has 0 spiro atoms. The topological polar surface area (TPSA) is 75.6 Å². The molecule has 0 unspecified atom stereocenters. The molecule has 1 aliphatic heterocycles. The summed E-state index contributed by atoms with van der Waals surface area (Å²) in [5, 5.41) is 12.7. The molecule has 0 aliphatic carbocycles. The maximum atomic E-state index is 12.2. The highest BCUT2D eigenvalue weighted by atomic mass is 35.5. The van der Waals surface area contributed by atoms with Gasteiger partial charge in [0.05, 0.1) is 12.0 Å². The summed E-state index contributed by atoms with van der Waals surface area (Å²) in [5.74, 6) is -0.158. The summed E-state index contributed by atoms with van der Waals surface area (Å²) in [4.78, 5) is 24.4. The van der Waals surface area contributed by atoms with Crippen LogP contribution in [0.15, 0.2) is 29.2 Å². The highest BCUT2D eigenvalue weighted by Crippen LogP contribution is 2.25. The Morgan fingerprint density at radius 3 is 2.54 bits per heavy atom. The lowest BCUT2D eigenvalue weighted by Crippen LogP contribution is -2.53. The summed E-state index contributed by atoms with van der Waals surface area (Å²) in [7, 11) is 0. The van der Waals surface area contributed by atoms with Crippen molar-refractivity contribution in [3.8, 4) is 0 Å². The van der Waals surface area contributed by atoms with Crippen LogP contribution in [-0.2, 0) is 14.3 Å². The van der Waals surface area contributed by atoms with E-state index in [1.165, 1.54) is 0 Å². The second kappa shape index (κ2) is 9.30. The first kappa shape index (κ1) is 19.1. The molecule has 1 saturated heterocycles. The first-order valence-electron chi connectivity index (χ1n) is 7.98. The molecule has 1 aromatic rings. The fourth-order valence-electron chi connectivity index (χ4n) is 2.71. The van der Waals surface area contributed by atoms with Crippen LogP contribution in [-0.4, -0.2) is 41.5 Å². The summed E-state index contributed by atoms with van der Waals surface area (Å²) in [6.07, 6.45) is 2.17. The Morgan fingerprint density at radius 2 is 1.92 bits per heavy atom. The van der Waals surface area contributed by atoms with Crippen LogP contribution in [0.4, 0.5) is 0 Å². The maximum absolute atomic E-state index is 12.2. The highest BCUT2D eigenvalue weighted by Gasteiger charge is 2.36. The number of aliphatic carboxylic acids is 1. The van der Waals surface area contributed by atoms with Gasteiger partial charge in [-0.2, -0.15) is 0 Å². The van der Waals surface area contributed by atoms with E-state index in [9.17, 15) is 9.59 Å². The number of benzene rings is 1. The van der Waals surface area contributed by atoms with Crippen molar-refractivity contribution in [2.24, 2.45) is 0 Å². The normalized spacial score (nSPS) is 16.5. The van der Waals surface area contributed by atoms with Crippen molar-refractivity contribution in [1.29, 1.82) is 0 Å². The lowest BCUT2D eigenvalue weighted by molar-refractivity contribution is -0.140. The van der Waals surface area contributed by atoms with E-state index in [1.54, 1.807) is 11.8 Å². The Labute approximate surface area is 151 Å². The lowest BCUT2D eigenvalue weighted by Gasteiger charge is -2.36. The summed E-state index contributed by atoms with van der Waals surface area (Å²) < 4.78 is 5.29. The van der Waals surface area contributed by atoms with E-state index in [-0.39, 0.29) is 12.3 Å². The lowest BCUT2D eigenvalue weighted by atomic mass is 9.86. The molecule has 2 rings (SSSR count). The van der Waals surface area contributed by atoms with Gasteiger partial charge < -0.3 is 15.2 Å². The zero-order valence-electron chi connectivity index (χ0n) is 13.4. The van der Waals surface area contributed by atoms with Crippen LogP contribution in [0, 0.1) is 0 Å². The second-order valence-electron chi connectivity index (χ2n) is 5.92. The van der Waals surface area contributed by atoms with Gasteiger partial charge >= 0.3 is 5.97 Å². The predicted molar refractivity (Wildman–Crippen MR) is 94.6 cm³/mol. The fourth-order valence-corrected chi connectivity index (χ4v) is 3.69. The van der Waals surface area contributed by atoms with E-state index < -0.39 is 11.5 Å². The highest BCUT2D eigenvalue weighted by molar-refractivity contribution is 7.99. The van der Waals surface area contributed by atoms with Crippen molar-refractivity contribution < 1.29 is 19.4 Å². The monoisotopic (exact) mass is 371 g/mol. The third-order valence-corrected chi connectivity index (χ3v) is 5.32. The van der Waals surface area contributed by atoms with Crippen LogP contribution in [0.3, 0.4) is 0 Å². The number of ether oxygens (including phenoxy) is 1. The predicted octanol–water partition coefficient (Wildman–Crippen LogP) is 3.35. The minimum absolute atomic E-state index is 0.0539. The molecule has 1 amide bonds. The molecule has 1 aliphatic rings. The fraction of sp³-hybridized carbons (Fsp3) is 0.529. The molecular formula is C17H22ClNO4S. The molecule has 5 nitrogen and oxygen atoms in total. The summed E-state index contributed by atoms with van der Waals surface area (Å²) in [6, 6.07) is 7.60. The van der Waals surface area contributed by atoms with E-state index in [2.05, 4.69) is 5.32 Å². The number of carboxylic acids is 1. The SMILES string of the molecule is O=C(O)CC1(NC(=O)CCCSc2ccc(Cl)cc2)CCOCC1. The van der Waals surface area contributed by atoms with Crippen LogP contribution in [0.25, 0.3) is 0 Å². The van der Waals surface area contributed by atoms with Gasteiger partial charge in [-0.15, -0.1) is 11.8 Å². The van der Waals surface area contributed by atoms with Crippen LogP contribution in [0.5, 0.6) is 0 Å². The average molecular weight is 372 g/mol. The van der Waals surface area contributed by atoms with E-state index >= 15 is 0 Å². The molecule has 1 heterocycles. The van der Waals surface area contributed by atoms with Crippen LogP contribution in [0.2, 0.25) is 5.02 Å². The zero-order valence-corrected chi connectivity index (χ0v) is 15.0. The Bertz CT molecular complexity index is 558. The van der Waals surface area contributed by atoms with Gasteiger partial charge in [0, 0.05) is 29.6 Å². The van der Waals surface area contributed by atoms with Gasteiger partial charge in [0.25, 0.3) is 0 Å². The van der Waals surface area contributed by atoms with Crippen molar-refractivity contribution >= 4 is 35.2 Å². The van der Waals surface area contributed by atoms with Crippen molar-refractivity contribution in [2.75, 3.05) is 19.0 Å². The first-order chi connectivity index (χ1) is 11.5. The molecule has 0 aromatic heterocycles. The van der Waals surface area contributed by atoms with E-state index in [1.807, 2.05) is 24.3 Å². The molecule has 0 atom stereocenters. The molecule has 0 saturated carbocycles. The third-order valence-electron chi connectivity index (χ3n) is 3.97. The number of thioether (sulfide) groups is 1. The molecule has 2 N–H and O–H groups in total. The van der Waals surface area contributed by atoms with E-state index in [0.29, 0.717) is 37.5 Å². The minimum atomic E-state index is -0.893. The number of carbonyl (C=O) groups excluding carboxylic acids is 1. The zero-order chi connectivity index (χ0) is 17.4. The molecule has 1 aromatic carbocycles. The standard InChI is InChI=1S/C17H22ClNO4S/c18-13-3-5-14(6-4-13)24-11-1-2-15(20)19-17(12-16(21)22)7-9-23-10-8-17/h3-6H,1-2,7-12H2,(H,19,20)(H,21,22).